The van der Waals surface area contributed by atoms with E-state index in [1.165, 1.54) is 0 Å². The van der Waals surface area contributed by atoms with Crippen LogP contribution in [0.4, 0.5) is 0 Å². The van der Waals surface area contributed by atoms with Gasteiger partial charge in [0.25, 0.3) is 0 Å². The highest BCUT2D eigenvalue weighted by molar-refractivity contribution is 6.34. The highest BCUT2D eigenvalue weighted by atomic mass is 35.5. The molecule has 0 radical (unpaired) electrons. The number of hydrogen-bond acceptors (Lipinski definition) is 2. The van der Waals surface area contributed by atoms with Crippen molar-refractivity contribution < 1.29 is 9.53 Å². The zero-order chi connectivity index (χ0) is 10.6. The van der Waals surface area contributed by atoms with Gasteiger partial charge in [-0.25, -0.2) is 0 Å². The van der Waals surface area contributed by atoms with E-state index in [-0.39, 0.29) is 18.3 Å². The first-order chi connectivity index (χ1) is 6.61. The fraction of sp³-hybridized carbons (Fsp3) is 0.222. The summed E-state index contributed by atoms with van der Waals surface area (Å²) in [5.74, 6) is 0.206. The summed E-state index contributed by atoms with van der Waals surface area (Å²) in [4.78, 5) is 10.8. The van der Waals surface area contributed by atoms with Crippen LogP contribution in [0.3, 0.4) is 0 Å². The van der Waals surface area contributed by atoms with Crippen molar-refractivity contribution in [1.29, 1.82) is 0 Å². The first-order valence-corrected chi connectivity index (χ1v) is 5.07. The minimum absolute atomic E-state index is 0.0612. The monoisotopic (exact) mass is 252 g/mol. The van der Waals surface area contributed by atoms with Gasteiger partial charge in [0.2, 0.25) is 0 Å². The van der Waals surface area contributed by atoms with Gasteiger partial charge in [-0.15, -0.1) is 11.6 Å². The van der Waals surface area contributed by atoms with E-state index in [1.54, 1.807) is 18.2 Å². The highest BCUT2D eigenvalue weighted by Crippen LogP contribution is 2.23. The van der Waals surface area contributed by atoms with E-state index in [0.717, 1.165) is 0 Å². The molecule has 1 aromatic rings. The van der Waals surface area contributed by atoms with Crippen LogP contribution in [-0.4, -0.2) is 18.3 Å². The third-order valence-electron chi connectivity index (χ3n) is 1.38. The van der Waals surface area contributed by atoms with E-state index in [0.29, 0.717) is 15.8 Å². The van der Waals surface area contributed by atoms with Crippen molar-refractivity contribution in [2.24, 2.45) is 0 Å². The molecule has 0 fully saturated rings. The Morgan fingerprint density at radius 3 is 2.29 bits per heavy atom. The van der Waals surface area contributed by atoms with Crippen molar-refractivity contribution in [2.75, 3.05) is 12.5 Å². The maximum Gasteiger partial charge on any atom is 0.184 e. The summed E-state index contributed by atoms with van der Waals surface area (Å²) in [5, 5.41) is 0.927. The molecule has 0 atom stereocenters. The lowest BCUT2D eigenvalue weighted by molar-refractivity contribution is -0.118. The molecule has 0 N–H and O–H groups in total. The first kappa shape index (κ1) is 11.6. The number of Topliss-reactive ketones (excluding diaryl/α,β-unsaturated/α-hetero) is 1. The number of alkyl halides is 1. The summed E-state index contributed by atoms with van der Waals surface area (Å²) in [6.07, 6.45) is 0. The Labute approximate surface area is 96.7 Å². The zero-order valence-electron chi connectivity index (χ0n) is 7.10. The predicted octanol–water partition coefficient (Wildman–Crippen LogP) is 3.18. The number of carbonyl (C=O) groups is 1. The second-order valence-corrected chi connectivity index (χ2v) is 3.71. The molecule has 0 saturated carbocycles. The van der Waals surface area contributed by atoms with Crippen molar-refractivity contribution in [1.82, 2.24) is 0 Å². The molecule has 0 amide bonds. The molecular weight excluding hydrogens is 246 g/mol. The molecule has 0 saturated heterocycles. The van der Waals surface area contributed by atoms with E-state index in [4.69, 9.17) is 39.5 Å². The lowest BCUT2D eigenvalue weighted by atomic mass is 10.3. The van der Waals surface area contributed by atoms with Crippen LogP contribution in [0.15, 0.2) is 18.2 Å². The minimum atomic E-state index is -0.192. The molecule has 0 unspecified atom stereocenters. The Bertz CT molecular complexity index is 319. The van der Waals surface area contributed by atoms with Gasteiger partial charge in [0.1, 0.15) is 12.4 Å². The molecule has 14 heavy (non-hydrogen) atoms. The van der Waals surface area contributed by atoms with Gasteiger partial charge < -0.3 is 4.74 Å². The molecule has 1 rings (SSSR count). The van der Waals surface area contributed by atoms with Gasteiger partial charge in [-0.1, -0.05) is 23.2 Å². The number of hydrogen-bond donors (Lipinski definition) is 0. The zero-order valence-corrected chi connectivity index (χ0v) is 9.36. The van der Waals surface area contributed by atoms with Crippen LogP contribution in [0.1, 0.15) is 0 Å². The van der Waals surface area contributed by atoms with Crippen LogP contribution in [0, 0.1) is 0 Å². The third kappa shape index (κ3) is 3.74. The number of benzene rings is 1. The summed E-state index contributed by atoms with van der Waals surface area (Å²) in [6.45, 7) is -0.0693. The van der Waals surface area contributed by atoms with E-state index < -0.39 is 0 Å². The van der Waals surface area contributed by atoms with Gasteiger partial charge in [0.05, 0.1) is 5.88 Å². The predicted molar refractivity (Wildman–Crippen MR) is 57.7 cm³/mol. The molecule has 0 spiro atoms. The minimum Gasteiger partial charge on any atom is -0.486 e. The number of carbonyl (C=O) groups excluding carboxylic acids is 1. The summed E-state index contributed by atoms with van der Waals surface area (Å²) in [7, 11) is 0. The Hall–Kier alpha value is -0.440. The van der Waals surface area contributed by atoms with Gasteiger partial charge in [-0.2, -0.15) is 0 Å². The van der Waals surface area contributed by atoms with Gasteiger partial charge in [-0.05, 0) is 18.2 Å². The highest BCUT2D eigenvalue weighted by Gasteiger charge is 2.02. The van der Waals surface area contributed by atoms with Crippen molar-refractivity contribution in [2.45, 2.75) is 0 Å². The van der Waals surface area contributed by atoms with Crippen molar-refractivity contribution in [3.8, 4) is 5.75 Å². The fourth-order valence-corrected chi connectivity index (χ4v) is 1.40. The molecule has 0 aliphatic carbocycles. The SMILES string of the molecule is O=C(CCl)COc1cc(Cl)cc(Cl)c1. The quantitative estimate of drug-likeness (QED) is 0.771. The standard InChI is InChI=1S/C9H7Cl3O2/c10-4-8(13)5-14-9-2-6(11)1-7(12)3-9/h1-3H,4-5H2. The maximum atomic E-state index is 10.8. The van der Waals surface area contributed by atoms with E-state index in [1.807, 2.05) is 0 Å². The van der Waals surface area contributed by atoms with Gasteiger partial charge in [-0.3, -0.25) is 4.79 Å². The third-order valence-corrected chi connectivity index (χ3v) is 2.12. The summed E-state index contributed by atoms with van der Waals surface area (Å²) < 4.78 is 5.12. The molecule has 5 heteroatoms. The van der Waals surface area contributed by atoms with Gasteiger partial charge in [0, 0.05) is 10.0 Å². The molecule has 0 heterocycles. The number of halogens is 3. The summed E-state index contributed by atoms with van der Waals surface area (Å²) in [6, 6.07) is 4.74. The lowest BCUT2D eigenvalue weighted by Crippen LogP contribution is -2.12. The average molecular weight is 254 g/mol. The van der Waals surface area contributed by atoms with E-state index >= 15 is 0 Å². The Balaban J connectivity index is 2.63. The van der Waals surface area contributed by atoms with Crippen molar-refractivity contribution >= 4 is 40.6 Å². The largest absolute Gasteiger partial charge is 0.486 e. The first-order valence-electron chi connectivity index (χ1n) is 3.78. The molecule has 0 aliphatic rings. The number of rotatable bonds is 4. The van der Waals surface area contributed by atoms with Crippen LogP contribution < -0.4 is 4.74 Å². The van der Waals surface area contributed by atoms with Crippen LogP contribution in [0.5, 0.6) is 5.75 Å². The van der Waals surface area contributed by atoms with Gasteiger partial charge >= 0.3 is 0 Å². The molecular formula is C9H7Cl3O2. The molecule has 0 aliphatic heterocycles. The van der Waals surface area contributed by atoms with Crippen LogP contribution >= 0.6 is 34.8 Å². The fourth-order valence-electron chi connectivity index (χ4n) is 0.814. The second kappa shape index (κ2) is 5.44. The molecule has 2 nitrogen and oxygen atoms in total. The van der Waals surface area contributed by atoms with Crippen molar-refractivity contribution in [3.05, 3.63) is 28.2 Å². The number of ether oxygens (including phenoxy) is 1. The van der Waals surface area contributed by atoms with Crippen LogP contribution in [0.25, 0.3) is 0 Å². The van der Waals surface area contributed by atoms with Crippen LogP contribution in [0.2, 0.25) is 10.0 Å². The normalized spacial score (nSPS) is 9.93. The van der Waals surface area contributed by atoms with E-state index in [9.17, 15) is 4.79 Å². The van der Waals surface area contributed by atoms with Crippen LogP contribution in [-0.2, 0) is 4.79 Å². The summed E-state index contributed by atoms with van der Waals surface area (Å²) >= 11 is 16.7. The Morgan fingerprint density at radius 2 is 1.79 bits per heavy atom. The summed E-state index contributed by atoms with van der Waals surface area (Å²) in [5.41, 5.74) is 0. The molecule has 1 aromatic carbocycles. The smallest absolute Gasteiger partial charge is 0.184 e. The molecule has 76 valence electrons. The van der Waals surface area contributed by atoms with Gasteiger partial charge in [0.15, 0.2) is 5.78 Å². The van der Waals surface area contributed by atoms with Crippen molar-refractivity contribution in [3.63, 3.8) is 0 Å². The topological polar surface area (TPSA) is 26.3 Å². The maximum absolute atomic E-state index is 10.8. The average Bonchev–Trinajstić information content (AvgIpc) is 2.12. The molecule has 0 bridgehead atoms. The lowest BCUT2D eigenvalue weighted by Gasteiger charge is -2.04. The Kier molecular flexibility index (Phi) is 4.52. The number of ketones is 1. The Morgan fingerprint density at radius 1 is 1.21 bits per heavy atom. The molecule has 0 aromatic heterocycles. The van der Waals surface area contributed by atoms with E-state index in [2.05, 4.69) is 0 Å². The second-order valence-electron chi connectivity index (χ2n) is 2.57.